The summed E-state index contributed by atoms with van der Waals surface area (Å²) in [6.45, 7) is 14.5. The minimum absolute atomic E-state index is 0. The van der Waals surface area contributed by atoms with E-state index in [0.717, 1.165) is 16.7 Å². The van der Waals surface area contributed by atoms with E-state index in [9.17, 15) is 0 Å². The molecule has 0 saturated heterocycles. The van der Waals surface area contributed by atoms with Crippen LogP contribution < -0.4 is 0 Å². The fourth-order valence-electron chi connectivity index (χ4n) is 1.43. The van der Waals surface area contributed by atoms with Gasteiger partial charge in [-0.05, 0) is 0 Å². The van der Waals surface area contributed by atoms with Gasteiger partial charge in [0, 0.05) is 0 Å². The predicted octanol–water partition coefficient (Wildman–Crippen LogP) is 5.77. The summed E-state index contributed by atoms with van der Waals surface area (Å²) in [5.41, 5.74) is 3.22. The summed E-state index contributed by atoms with van der Waals surface area (Å²) >= 11 is 0. The molecule has 1 radical (unpaired) electrons. The molecular formula is C24H27OTi. The van der Waals surface area contributed by atoms with Crippen LogP contribution in [0.4, 0.5) is 0 Å². The molecule has 0 aliphatic rings. The Bertz CT molecular complexity index is 548. The van der Waals surface area contributed by atoms with Crippen LogP contribution >= 0.6 is 0 Å². The van der Waals surface area contributed by atoms with Crippen LogP contribution in [0, 0.1) is 20.8 Å². The van der Waals surface area contributed by atoms with Crippen LogP contribution in [0.15, 0.2) is 104 Å². The maximum absolute atomic E-state index is 7.76. The average molecular weight is 379 g/mol. The Kier molecular flexibility index (Phi) is 19.0. The van der Waals surface area contributed by atoms with Gasteiger partial charge in [-0.25, -0.2) is 0 Å². The second kappa shape index (κ2) is 19.0. The summed E-state index contributed by atoms with van der Waals surface area (Å²) in [4.78, 5) is 0. The van der Waals surface area contributed by atoms with E-state index in [4.69, 9.17) is 5.11 Å². The van der Waals surface area contributed by atoms with Gasteiger partial charge in [0.05, 0.1) is 6.61 Å². The molecule has 3 aromatic carbocycles. The van der Waals surface area contributed by atoms with Gasteiger partial charge in [-0.1, -0.05) is 24.3 Å². The number of rotatable bonds is 1. The van der Waals surface area contributed by atoms with E-state index in [1.807, 2.05) is 91.0 Å². The molecule has 26 heavy (non-hydrogen) atoms. The molecular weight excluding hydrogens is 352 g/mol. The Hall–Kier alpha value is -2.32. The first kappa shape index (κ1) is 25.9. The third-order valence-corrected chi connectivity index (χ3v) is 2.66. The van der Waals surface area contributed by atoms with Crippen molar-refractivity contribution in [2.45, 2.75) is 0 Å². The average Bonchev–Trinajstić information content (AvgIpc) is 2.65. The Balaban J connectivity index is 0. The first-order chi connectivity index (χ1) is 12.1. The van der Waals surface area contributed by atoms with Crippen LogP contribution in [0.25, 0.3) is 0 Å². The van der Waals surface area contributed by atoms with E-state index in [-0.39, 0.29) is 28.3 Å². The van der Waals surface area contributed by atoms with E-state index in [0.29, 0.717) is 0 Å². The summed E-state index contributed by atoms with van der Waals surface area (Å²) in [5, 5.41) is 7.76. The van der Waals surface area contributed by atoms with Crippen molar-refractivity contribution in [1.29, 1.82) is 0 Å². The predicted molar refractivity (Wildman–Crippen MR) is 110 cm³/mol. The molecule has 3 rings (SSSR count). The zero-order valence-corrected chi connectivity index (χ0v) is 16.8. The van der Waals surface area contributed by atoms with Crippen molar-refractivity contribution in [2.75, 3.05) is 6.61 Å². The van der Waals surface area contributed by atoms with Crippen molar-refractivity contribution < 1.29 is 26.8 Å². The fraction of sp³-hybridized carbons (Fsp3) is 0.0417. The zero-order chi connectivity index (χ0) is 18.8. The quantitative estimate of drug-likeness (QED) is 0.323. The third-order valence-electron chi connectivity index (χ3n) is 2.66. The molecule has 0 bridgehead atoms. The van der Waals surface area contributed by atoms with Gasteiger partial charge in [0.15, 0.2) is 0 Å². The van der Waals surface area contributed by atoms with Crippen LogP contribution in [0.3, 0.4) is 0 Å². The van der Waals surface area contributed by atoms with Gasteiger partial charge in [-0.3, -0.25) is 0 Å². The Morgan fingerprint density at radius 2 is 0.808 bits per heavy atom. The standard InChI is InChI=1S/3C7H7.C3H6O.Ti/c3*1-7-5-3-2-4-6-7;1-2-3-4;/h3*2-6H,1H2;2,4H,1,3H2;/q3*-1;;+3. The first-order valence-electron chi connectivity index (χ1n) is 7.93. The van der Waals surface area contributed by atoms with Gasteiger partial charge in [-0.15, -0.1) is 43.0 Å². The summed E-state index contributed by atoms with van der Waals surface area (Å²) < 4.78 is 0. The zero-order valence-electron chi connectivity index (χ0n) is 15.2. The van der Waals surface area contributed by atoms with Crippen LogP contribution in [-0.2, 0) is 21.7 Å². The number of aliphatic hydroxyl groups is 1. The fourth-order valence-corrected chi connectivity index (χ4v) is 1.43. The van der Waals surface area contributed by atoms with Gasteiger partial charge < -0.3 is 5.11 Å². The van der Waals surface area contributed by atoms with Crippen molar-refractivity contribution in [3.8, 4) is 0 Å². The van der Waals surface area contributed by atoms with Crippen molar-refractivity contribution in [3.63, 3.8) is 0 Å². The number of aliphatic hydroxyl groups excluding tert-OH is 1. The maximum Gasteiger partial charge on any atom is 3.00 e. The molecule has 1 nitrogen and oxygen atoms in total. The van der Waals surface area contributed by atoms with Gasteiger partial charge in [0.1, 0.15) is 0 Å². The normalized spacial score (nSPS) is 7.88. The van der Waals surface area contributed by atoms with Crippen LogP contribution in [0.1, 0.15) is 16.7 Å². The Labute approximate surface area is 174 Å². The maximum atomic E-state index is 7.76. The van der Waals surface area contributed by atoms with E-state index >= 15 is 0 Å². The molecule has 1 N–H and O–H groups in total. The SMILES string of the molecule is C=CCO.[CH2-]c1ccccc1.[CH2-]c1ccccc1.[CH2-]c1ccccc1.[Ti+3]. The topological polar surface area (TPSA) is 20.2 Å². The molecule has 133 valence electrons. The molecule has 0 amide bonds. The second-order valence-electron chi connectivity index (χ2n) is 4.93. The number of hydrogen-bond acceptors (Lipinski definition) is 1. The molecule has 0 saturated carbocycles. The minimum atomic E-state index is 0. The van der Waals surface area contributed by atoms with Gasteiger partial charge in [-0.2, -0.15) is 73.9 Å². The first-order valence-corrected chi connectivity index (χ1v) is 7.93. The van der Waals surface area contributed by atoms with E-state index < -0.39 is 0 Å². The second-order valence-corrected chi connectivity index (χ2v) is 4.93. The Morgan fingerprint density at radius 1 is 0.615 bits per heavy atom. The van der Waals surface area contributed by atoms with E-state index in [2.05, 4.69) is 27.4 Å². The molecule has 2 heteroatoms. The van der Waals surface area contributed by atoms with Crippen LogP contribution in [0.5, 0.6) is 0 Å². The van der Waals surface area contributed by atoms with Crippen molar-refractivity contribution in [1.82, 2.24) is 0 Å². The van der Waals surface area contributed by atoms with Crippen LogP contribution in [0.2, 0.25) is 0 Å². The van der Waals surface area contributed by atoms with E-state index in [1.165, 1.54) is 6.08 Å². The number of benzene rings is 3. The summed E-state index contributed by atoms with van der Waals surface area (Å²) in [6.07, 6.45) is 1.43. The third kappa shape index (κ3) is 18.0. The molecule has 0 heterocycles. The van der Waals surface area contributed by atoms with Gasteiger partial charge in [0.2, 0.25) is 0 Å². The van der Waals surface area contributed by atoms with Crippen molar-refractivity contribution in [3.05, 3.63) is 141 Å². The molecule has 3 aromatic rings. The van der Waals surface area contributed by atoms with Gasteiger partial charge >= 0.3 is 21.7 Å². The van der Waals surface area contributed by atoms with Gasteiger partial charge in [0.25, 0.3) is 0 Å². The van der Waals surface area contributed by atoms with E-state index in [1.54, 1.807) is 0 Å². The summed E-state index contributed by atoms with van der Waals surface area (Å²) in [5.74, 6) is 0. The Morgan fingerprint density at radius 3 is 0.885 bits per heavy atom. The molecule has 0 spiro atoms. The van der Waals surface area contributed by atoms with Crippen molar-refractivity contribution >= 4 is 0 Å². The smallest absolute Gasteiger partial charge is 0.392 e. The molecule has 0 atom stereocenters. The molecule has 0 aromatic heterocycles. The number of hydrogen-bond donors (Lipinski definition) is 1. The molecule has 0 unspecified atom stereocenters. The minimum Gasteiger partial charge on any atom is -0.392 e. The van der Waals surface area contributed by atoms with Crippen molar-refractivity contribution in [2.24, 2.45) is 0 Å². The van der Waals surface area contributed by atoms with Crippen LogP contribution in [-0.4, -0.2) is 11.7 Å². The monoisotopic (exact) mass is 379 g/mol. The summed E-state index contributed by atoms with van der Waals surface area (Å²) in [7, 11) is 0. The molecule has 0 fully saturated rings. The molecule has 0 aliphatic heterocycles. The summed E-state index contributed by atoms with van der Waals surface area (Å²) in [6, 6.07) is 29.6. The largest absolute Gasteiger partial charge is 3.00 e. The molecule has 0 aliphatic carbocycles.